The summed E-state index contributed by atoms with van der Waals surface area (Å²) in [5.41, 5.74) is 1.04. The molecule has 1 fully saturated rings. The van der Waals surface area contributed by atoms with Crippen LogP contribution in [0.2, 0.25) is 0 Å². The van der Waals surface area contributed by atoms with Gasteiger partial charge in [0, 0.05) is 24.3 Å². The van der Waals surface area contributed by atoms with Gasteiger partial charge in [0.05, 0.1) is 6.04 Å². The van der Waals surface area contributed by atoms with Crippen molar-refractivity contribution in [1.29, 1.82) is 0 Å². The first-order valence-corrected chi connectivity index (χ1v) is 7.98. The molecule has 3 aromatic rings. The Morgan fingerprint density at radius 2 is 1.96 bits per heavy atom. The minimum atomic E-state index is -0.584. The molecule has 1 aliphatic heterocycles. The Morgan fingerprint density at radius 3 is 2.79 bits per heavy atom. The van der Waals surface area contributed by atoms with Crippen LogP contribution in [-0.4, -0.2) is 22.3 Å². The minimum Gasteiger partial charge on any atom is -0.422 e. The average molecular weight is 320 g/mol. The van der Waals surface area contributed by atoms with Crippen molar-refractivity contribution in [3.63, 3.8) is 0 Å². The average Bonchev–Trinajstić information content (AvgIpc) is 3.11. The van der Waals surface area contributed by atoms with Crippen LogP contribution in [0.4, 0.5) is 0 Å². The molecule has 1 aromatic carbocycles. The van der Waals surface area contributed by atoms with Crippen molar-refractivity contribution >= 4 is 16.9 Å². The summed E-state index contributed by atoms with van der Waals surface area (Å²) in [6, 6.07) is 12.6. The lowest BCUT2D eigenvalue weighted by atomic mass is 10.1. The van der Waals surface area contributed by atoms with E-state index in [4.69, 9.17) is 4.42 Å². The third-order valence-electron chi connectivity index (χ3n) is 4.48. The Bertz CT molecular complexity index is 949. The van der Waals surface area contributed by atoms with Gasteiger partial charge in [-0.2, -0.15) is 0 Å². The molecule has 1 amide bonds. The van der Waals surface area contributed by atoms with E-state index in [1.54, 1.807) is 35.5 Å². The monoisotopic (exact) mass is 320 g/mol. The molecular weight excluding hydrogens is 304 g/mol. The van der Waals surface area contributed by atoms with Crippen LogP contribution in [0.3, 0.4) is 0 Å². The van der Waals surface area contributed by atoms with Gasteiger partial charge < -0.3 is 9.32 Å². The molecule has 0 radical (unpaired) electrons. The second-order valence-corrected chi connectivity index (χ2v) is 5.92. The molecule has 1 unspecified atom stereocenters. The molecule has 1 aliphatic rings. The maximum absolute atomic E-state index is 12.9. The summed E-state index contributed by atoms with van der Waals surface area (Å²) in [6.45, 7) is 0.637. The van der Waals surface area contributed by atoms with Crippen molar-refractivity contribution in [2.24, 2.45) is 0 Å². The molecule has 5 heteroatoms. The second kappa shape index (κ2) is 5.92. The summed E-state index contributed by atoms with van der Waals surface area (Å²) >= 11 is 0. The fourth-order valence-corrected chi connectivity index (χ4v) is 3.31. The largest absolute Gasteiger partial charge is 0.422 e. The van der Waals surface area contributed by atoms with Crippen LogP contribution in [-0.2, 0) is 0 Å². The van der Waals surface area contributed by atoms with Gasteiger partial charge in [0.2, 0.25) is 0 Å². The van der Waals surface area contributed by atoms with E-state index < -0.39 is 5.63 Å². The minimum absolute atomic E-state index is 0.0219. The zero-order chi connectivity index (χ0) is 16.5. The maximum Gasteiger partial charge on any atom is 0.349 e. The fraction of sp³-hybridized carbons (Fsp3) is 0.211. The smallest absolute Gasteiger partial charge is 0.349 e. The SMILES string of the molecule is O=C(c1cc2ccccc2oc1=O)N1CCCC1c1ccncc1. The molecule has 120 valence electrons. The van der Waals surface area contributed by atoms with Gasteiger partial charge in [0.1, 0.15) is 11.1 Å². The molecule has 3 heterocycles. The van der Waals surface area contributed by atoms with Gasteiger partial charge in [-0.25, -0.2) is 4.79 Å². The number of pyridine rings is 1. The van der Waals surface area contributed by atoms with E-state index in [0.717, 1.165) is 23.8 Å². The molecule has 24 heavy (non-hydrogen) atoms. The van der Waals surface area contributed by atoms with Gasteiger partial charge >= 0.3 is 5.63 Å². The summed E-state index contributed by atoms with van der Waals surface area (Å²) in [4.78, 5) is 31.0. The van der Waals surface area contributed by atoms with E-state index >= 15 is 0 Å². The summed E-state index contributed by atoms with van der Waals surface area (Å²) in [6.07, 6.45) is 5.24. The molecule has 0 aliphatic carbocycles. The van der Waals surface area contributed by atoms with Crippen molar-refractivity contribution in [2.45, 2.75) is 18.9 Å². The van der Waals surface area contributed by atoms with Gasteiger partial charge in [0.25, 0.3) is 5.91 Å². The first-order chi connectivity index (χ1) is 11.7. The summed E-state index contributed by atoms with van der Waals surface area (Å²) < 4.78 is 5.30. The van der Waals surface area contributed by atoms with Gasteiger partial charge in [-0.05, 0) is 42.7 Å². The quantitative estimate of drug-likeness (QED) is 0.680. The summed E-state index contributed by atoms with van der Waals surface area (Å²) in [7, 11) is 0. The Kier molecular flexibility index (Phi) is 3.61. The van der Waals surface area contributed by atoms with E-state index in [1.165, 1.54) is 0 Å². The molecule has 0 bridgehead atoms. The summed E-state index contributed by atoms with van der Waals surface area (Å²) in [5, 5.41) is 0.750. The van der Waals surface area contributed by atoms with Crippen molar-refractivity contribution in [3.05, 3.63) is 76.4 Å². The zero-order valence-electron chi connectivity index (χ0n) is 13.0. The molecule has 5 nitrogen and oxygen atoms in total. The van der Waals surface area contributed by atoms with Crippen LogP contribution < -0.4 is 5.63 Å². The first kappa shape index (κ1) is 14.6. The molecule has 0 N–H and O–H groups in total. The lowest BCUT2D eigenvalue weighted by Crippen LogP contribution is -2.33. The van der Waals surface area contributed by atoms with E-state index in [1.807, 2.05) is 24.3 Å². The highest BCUT2D eigenvalue weighted by Crippen LogP contribution is 2.32. The topological polar surface area (TPSA) is 63.4 Å². The van der Waals surface area contributed by atoms with Gasteiger partial charge in [-0.15, -0.1) is 0 Å². The summed E-state index contributed by atoms with van der Waals surface area (Å²) in [5.74, 6) is -0.270. The highest BCUT2D eigenvalue weighted by molar-refractivity contribution is 5.97. The van der Waals surface area contributed by atoms with Crippen molar-refractivity contribution in [3.8, 4) is 0 Å². The molecule has 4 rings (SSSR count). The predicted molar refractivity (Wildman–Crippen MR) is 89.7 cm³/mol. The lowest BCUT2D eigenvalue weighted by molar-refractivity contribution is 0.0731. The number of hydrogen-bond acceptors (Lipinski definition) is 4. The van der Waals surface area contributed by atoms with Crippen LogP contribution in [0.5, 0.6) is 0 Å². The standard InChI is InChI=1S/C19H16N2O3/c22-18(15-12-14-4-1-2-6-17(14)24-19(15)23)21-11-3-5-16(21)13-7-9-20-10-8-13/h1-2,4,6-10,12,16H,3,5,11H2. The van der Waals surface area contributed by atoms with Crippen molar-refractivity contribution < 1.29 is 9.21 Å². The van der Waals surface area contributed by atoms with Gasteiger partial charge in [-0.1, -0.05) is 18.2 Å². The second-order valence-electron chi connectivity index (χ2n) is 5.92. The number of carbonyl (C=O) groups excluding carboxylic acids is 1. The van der Waals surface area contributed by atoms with E-state index in [0.29, 0.717) is 12.1 Å². The fourth-order valence-electron chi connectivity index (χ4n) is 3.31. The number of para-hydroxylation sites is 1. The van der Waals surface area contributed by atoms with Crippen LogP contribution in [0.1, 0.15) is 34.8 Å². The van der Waals surface area contributed by atoms with Crippen LogP contribution in [0.25, 0.3) is 11.0 Å². The first-order valence-electron chi connectivity index (χ1n) is 7.98. The van der Waals surface area contributed by atoms with E-state index in [2.05, 4.69) is 4.98 Å². The molecular formula is C19H16N2O3. The van der Waals surface area contributed by atoms with Gasteiger partial charge in [-0.3, -0.25) is 9.78 Å². The van der Waals surface area contributed by atoms with Crippen LogP contribution in [0, 0.1) is 0 Å². The van der Waals surface area contributed by atoms with Crippen molar-refractivity contribution in [1.82, 2.24) is 9.88 Å². The molecule has 1 atom stereocenters. The van der Waals surface area contributed by atoms with Crippen LogP contribution >= 0.6 is 0 Å². The van der Waals surface area contributed by atoms with Crippen molar-refractivity contribution in [2.75, 3.05) is 6.54 Å². The normalized spacial score (nSPS) is 17.3. The number of benzene rings is 1. The predicted octanol–water partition coefficient (Wildman–Crippen LogP) is 3.17. The zero-order valence-corrected chi connectivity index (χ0v) is 13.0. The number of rotatable bonds is 2. The molecule has 0 saturated carbocycles. The Labute approximate surface area is 138 Å². The number of likely N-dealkylation sites (tertiary alicyclic amines) is 1. The van der Waals surface area contributed by atoms with E-state index in [-0.39, 0.29) is 17.5 Å². The molecule has 1 saturated heterocycles. The van der Waals surface area contributed by atoms with E-state index in [9.17, 15) is 9.59 Å². The highest BCUT2D eigenvalue weighted by Gasteiger charge is 2.32. The Hall–Kier alpha value is -2.95. The van der Waals surface area contributed by atoms with Crippen LogP contribution in [0.15, 0.2) is 64.1 Å². The number of nitrogens with zero attached hydrogens (tertiary/aromatic N) is 2. The number of fused-ring (bicyclic) bond motifs is 1. The Morgan fingerprint density at radius 1 is 1.17 bits per heavy atom. The third kappa shape index (κ3) is 2.48. The Balaban J connectivity index is 1.73. The number of amides is 1. The number of carbonyl (C=O) groups is 1. The lowest BCUT2D eigenvalue weighted by Gasteiger charge is -2.24. The maximum atomic E-state index is 12.9. The number of hydrogen-bond donors (Lipinski definition) is 0. The van der Waals surface area contributed by atoms with Gasteiger partial charge in [0.15, 0.2) is 0 Å². The highest BCUT2D eigenvalue weighted by atomic mass is 16.4. The molecule has 2 aromatic heterocycles. The molecule has 0 spiro atoms. The number of aromatic nitrogens is 1. The third-order valence-corrected chi connectivity index (χ3v) is 4.48.